The smallest absolute Gasteiger partial charge is 0.202 e. The highest BCUT2D eigenvalue weighted by Gasteiger charge is 2.16. The minimum Gasteiger partial charge on any atom is -0.441 e. The number of rotatable bonds is 6. The van der Waals surface area contributed by atoms with E-state index in [2.05, 4.69) is 43.4 Å². The first-order chi connectivity index (χ1) is 8.04. The monoisotopic (exact) mass is 287 g/mol. The van der Waals surface area contributed by atoms with Crippen molar-refractivity contribution >= 4 is 30.2 Å². The third-order valence-corrected chi connectivity index (χ3v) is 3.49. The third-order valence-electron chi connectivity index (χ3n) is 2.55. The zero-order chi connectivity index (χ0) is 12.8. The molecule has 17 heavy (non-hydrogen) atoms. The van der Waals surface area contributed by atoms with Crippen molar-refractivity contribution in [2.24, 2.45) is 0 Å². The summed E-state index contributed by atoms with van der Waals surface area (Å²) in [5.74, 6) is 0.513. The molecule has 0 aromatic heterocycles. The lowest BCUT2D eigenvalue weighted by Gasteiger charge is -2.15. The van der Waals surface area contributed by atoms with Gasteiger partial charge in [0.15, 0.2) is 11.8 Å². The van der Waals surface area contributed by atoms with E-state index in [1.54, 1.807) is 0 Å². The van der Waals surface area contributed by atoms with Crippen molar-refractivity contribution in [3.05, 3.63) is 35.4 Å². The van der Waals surface area contributed by atoms with Gasteiger partial charge in [-0.25, -0.2) is 0 Å². The van der Waals surface area contributed by atoms with Crippen LogP contribution in [0.25, 0.3) is 0 Å². The van der Waals surface area contributed by atoms with E-state index in [9.17, 15) is 0 Å². The standard InChI is InChI=1S/C12H18NOPS2/c1-9(2)10-5-4-6-11(7-10)12(8-13-3)14-15(16)17/h4-7,9,12-13H,8H2,1-3H3. The molecule has 1 rings (SSSR count). The Morgan fingerprint density at radius 2 is 2.06 bits per heavy atom. The normalized spacial score (nSPS) is 13.8. The lowest BCUT2D eigenvalue weighted by molar-refractivity contribution is 0.241. The van der Waals surface area contributed by atoms with Crippen molar-refractivity contribution in [2.75, 3.05) is 13.6 Å². The van der Waals surface area contributed by atoms with Crippen molar-refractivity contribution in [3.8, 4) is 0 Å². The number of hydrogen-bond donors (Lipinski definition) is 1. The van der Waals surface area contributed by atoms with Crippen LogP contribution in [0.5, 0.6) is 0 Å². The van der Waals surface area contributed by atoms with Gasteiger partial charge in [0.2, 0.25) is 6.13 Å². The van der Waals surface area contributed by atoms with Crippen LogP contribution in [0.1, 0.15) is 37.0 Å². The molecule has 1 N–H and O–H groups in total. The fourth-order valence-corrected chi connectivity index (χ4v) is 2.65. The summed E-state index contributed by atoms with van der Waals surface area (Å²) in [5.41, 5.74) is 2.46. The Hall–Kier alpha value is 0.01000. The van der Waals surface area contributed by atoms with Gasteiger partial charge in [-0.2, -0.15) is 4.52 Å². The summed E-state index contributed by atoms with van der Waals surface area (Å²) in [6.45, 7) is 5.09. The first-order valence-corrected chi connectivity index (χ1v) is 8.88. The molecule has 2 nitrogen and oxygen atoms in total. The molecule has 94 valence electrons. The number of hydrogen-bond acceptors (Lipinski definition) is 4. The molecule has 0 aliphatic rings. The third kappa shape index (κ3) is 5.02. The molecule has 2 unspecified atom stereocenters. The number of likely N-dealkylation sites (N-methyl/N-ethyl adjacent to an activating group) is 1. The van der Waals surface area contributed by atoms with Gasteiger partial charge in [-0.1, -0.05) is 38.1 Å². The van der Waals surface area contributed by atoms with Crippen LogP contribution in [0.15, 0.2) is 24.3 Å². The molecule has 0 saturated carbocycles. The van der Waals surface area contributed by atoms with E-state index in [4.69, 9.17) is 28.6 Å². The highest BCUT2D eigenvalue weighted by Crippen LogP contribution is 2.31. The van der Waals surface area contributed by atoms with E-state index in [1.807, 2.05) is 7.05 Å². The van der Waals surface area contributed by atoms with Crippen LogP contribution >= 0.6 is 6.13 Å². The summed E-state index contributed by atoms with van der Waals surface area (Å²) in [7, 11) is 1.90. The fourth-order valence-electron chi connectivity index (χ4n) is 1.62. The molecule has 2 atom stereocenters. The predicted molar refractivity (Wildman–Crippen MR) is 79.9 cm³/mol. The van der Waals surface area contributed by atoms with E-state index in [1.165, 1.54) is 5.56 Å². The molecule has 0 spiro atoms. The van der Waals surface area contributed by atoms with Crippen molar-refractivity contribution in [2.45, 2.75) is 25.9 Å². The van der Waals surface area contributed by atoms with Gasteiger partial charge < -0.3 is 17.6 Å². The minimum atomic E-state index is -1.17. The summed E-state index contributed by atoms with van der Waals surface area (Å²) >= 11 is 9.97. The van der Waals surface area contributed by atoms with E-state index in [0.29, 0.717) is 5.92 Å². The van der Waals surface area contributed by atoms with Gasteiger partial charge in [0.05, 0.1) is 0 Å². The van der Waals surface area contributed by atoms with Crippen LogP contribution in [-0.4, -0.2) is 13.6 Å². The summed E-state index contributed by atoms with van der Waals surface area (Å²) in [5, 5.41) is 3.11. The molecule has 5 heteroatoms. The van der Waals surface area contributed by atoms with Crippen LogP contribution in [0.4, 0.5) is 0 Å². The summed E-state index contributed by atoms with van der Waals surface area (Å²) in [6, 6.07) is 8.44. The molecule has 0 fully saturated rings. The summed E-state index contributed by atoms with van der Waals surface area (Å²) in [6.07, 6.45) is -1.22. The molecule has 0 saturated heterocycles. The molecule has 0 aliphatic heterocycles. The van der Waals surface area contributed by atoms with Crippen molar-refractivity contribution in [1.29, 1.82) is 0 Å². The second-order valence-electron chi connectivity index (χ2n) is 4.20. The van der Waals surface area contributed by atoms with Crippen molar-refractivity contribution in [1.82, 2.24) is 5.32 Å². The highest BCUT2D eigenvalue weighted by molar-refractivity contribution is 8.45. The van der Waals surface area contributed by atoms with E-state index >= 15 is 0 Å². The second-order valence-corrected chi connectivity index (χ2v) is 7.54. The van der Waals surface area contributed by atoms with Gasteiger partial charge in [0.25, 0.3) is 0 Å². The van der Waals surface area contributed by atoms with Crippen LogP contribution in [-0.2, 0) is 28.6 Å². The fraction of sp³-hybridized carbons (Fsp3) is 0.500. The van der Waals surface area contributed by atoms with E-state index < -0.39 is 6.13 Å². The Morgan fingerprint density at radius 1 is 1.41 bits per heavy atom. The Labute approximate surface area is 115 Å². The highest BCUT2D eigenvalue weighted by atomic mass is 32.9. The van der Waals surface area contributed by atoms with Crippen LogP contribution in [0.2, 0.25) is 0 Å². The molecule has 0 bridgehead atoms. The van der Waals surface area contributed by atoms with Gasteiger partial charge >= 0.3 is 0 Å². The Balaban J connectivity index is 2.92. The molecular formula is C12H18NOPS2. The molecule has 0 heterocycles. The Bertz CT molecular complexity index is 385. The van der Waals surface area contributed by atoms with E-state index in [0.717, 1.165) is 12.1 Å². The van der Waals surface area contributed by atoms with Gasteiger partial charge in [-0.05, 0) is 24.1 Å². The maximum absolute atomic E-state index is 5.64. The van der Waals surface area contributed by atoms with Gasteiger partial charge in [0, 0.05) is 6.54 Å². The molecular weight excluding hydrogens is 269 g/mol. The molecule has 1 aromatic carbocycles. The average molecular weight is 287 g/mol. The van der Waals surface area contributed by atoms with Crippen LogP contribution < -0.4 is 5.32 Å². The lowest BCUT2D eigenvalue weighted by Crippen LogP contribution is -2.18. The molecule has 0 radical (unpaired) electrons. The first kappa shape index (κ1) is 15.1. The summed E-state index contributed by atoms with van der Waals surface area (Å²) < 4.78 is 5.64. The Morgan fingerprint density at radius 3 is 2.59 bits per heavy atom. The topological polar surface area (TPSA) is 21.3 Å². The maximum atomic E-state index is 5.64. The largest absolute Gasteiger partial charge is 0.441 e. The number of benzene rings is 1. The zero-order valence-corrected chi connectivity index (χ0v) is 12.9. The summed E-state index contributed by atoms with van der Waals surface area (Å²) in [4.78, 5) is 0. The maximum Gasteiger partial charge on any atom is 0.202 e. The molecule has 1 aromatic rings. The van der Waals surface area contributed by atoms with Crippen molar-refractivity contribution in [3.63, 3.8) is 0 Å². The SMILES string of the molecule is CNCC(O[P+](=S)[S-])c1cccc(C(C)C)c1. The van der Waals surface area contributed by atoms with Gasteiger partial charge in [-0.3, -0.25) is 0 Å². The Kier molecular flexibility index (Phi) is 6.60. The van der Waals surface area contributed by atoms with Gasteiger partial charge in [0.1, 0.15) is 6.10 Å². The number of nitrogens with one attached hydrogen (secondary N) is 1. The first-order valence-electron chi connectivity index (χ1n) is 5.60. The minimum absolute atomic E-state index is 0.0418. The molecule has 0 amide bonds. The predicted octanol–water partition coefficient (Wildman–Crippen LogP) is 3.41. The quantitative estimate of drug-likeness (QED) is 0.639. The zero-order valence-electron chi connectivity index (χ0n) is 10.3. The average Bonchev–Trinajstić information content (AvgIpc) is 2.28. The van der Waals surface area contributed by atoms with Crippen LogP contribution in [0, 0.1) is 0 Å². The van der Waals surface area contributed by atoms with E-state index in [-0.39, 0.29) is 6.10 Å². The van der Waals surface area contributed by atoms with Crippen molar-refractivity contribution < 1.29 is 4.52 Å². The second kappa shape index (κ2) is 7.45. The van der Waals surface area contributed by atoms with Crippen LogP contribution in [0.3, 0.4) is 0 Å². The lowest BCUT2D eigenvalue weighted by atomic mass is 9.99. The van der Waals surface area contributed by atoms with Gasteiger partial charge in [-0.15, -0.1) is 0 Å². The molecule has 0 aliphatic carbocycles.